The Bertz CT molecular complexity index is 1310. The van der Waals surface area contributed by atoms with Crippen molar-refractivity contribution in [2.24, 2.45) is 5.10 Å². The molecule has 0 unspecified atom stereocenters. The predicted octanol–water partition coefficient (Wildman–Crippen LogP) is 3.68. The SMILES string of the molecule is O=C(O)c1ccccc1NS(=O)(=O)c1ccc(N/N=C\c2ccc(F)cc2)c([N+](=O)[O-])c1. The number of halogens is 1. The van der Waals surface area contributed by atoms with Crippen molar-refractivity contribution < 1.29 is 27.6 Å². The quantitative estimate of drug-likeness (QED) is 0.265. The lowest BCUT2D eigenvalue weighted by atomic mass is 10.2. The van der Waals surface area contributed by atoms with Crippen molar-refractivity contribution in [3.05, 3.63) is 93.8 Å². The number of carbonyl (C=O) groups is 1. The largest absolute Gasteiger partial charge is 0.478 e. The lowest BCUT2D eigenvalue weighted by molar-refractivity contribution is -0.384. The molecule has 10 nitrogen and oxygen atoms in total. The summed E-state index contributed by atoms with van der Waals surface area (Å²) >= 11 is 0. The summed E-state index contributed by atoms with van der Waals surface area (Å²) in [6.07, 6.45) is 1.30. The number of sulfonamides is 1. The maximum atomic E-state index is 12.9. The first-order valence-corrected chi connectivity index (χ1v) is 10.3. The Morgan fingerprint density at radius 1 is 1.06 bits per heavy atom. The van der Waals surface area contributed by atoms with E-state index >= 15 is 0 Å². The third-order valence-electron chi connectivity index (χ3n) is 4.15. The van der Waals surface area contributed by atoms with Gasteiger partial charge in [0.25, 0.3) is 15.7 Å². The number of nitrogens with zero attached hydrogens (tertiary/aromatic N) is 2. The molecule has 0 saturated heterocycles. The normalized spacial score (nSPS) is 11.3. The van der Waals surface area contributed by atoms with Gasteiger partial charge < -0.3 is 5.11 Å². The summed E-state index contributed by atoms with van der Waals surface area (Å²) in [6, 6.07) is 13.8. The molecule has 0 fully saturated rings. The number of benzene rings is 3. The maximum Gasteiger partial charge on any atom is 0.337 e. The van der Waals surface area contributed by atoms with Gasteiger partial charge in [0.15, 0.2) is 0 Å². The fourth-order valence-electron chi connectivity index (χ4n) is 2.61. The summed E-state index contributed by atoms with van der Waals surface area (Å²) in [5.41, 5.74) is 1.86. The van der Waals surface area contributed by atoms with Crippen molar-refractivity contribution in [2.45, 2.75) is 4.90 Å². The molecule has 3 N–H and O–H groups in total. The van der Waals surface area contributed by atoms with Crippen molar-refractivity contribution in [3.8, 4) is 0 Å². The number of nitrogens with one attached hydrogen (secondary N) is 2. The molecule has 0 amide bonds. The molecule has 0 bridgehead atoms. The molecule has 0 saturated carbocycles. The second-order valence-electron chi connectivity index (χ2n) is 6.31. The minimum Gasteiger partial charge on any atom is -0.478 e. The van der Waals surface area contributed by atoms with E-state index in [1.54, 1.807) is 0 Å². The number of rotatable bonds is 8. The van der Waals surface area contributed by atoms with E-state index in [9.17, 15) is 32.8 Å². The van der Waals surface area contributed by atoms with Crippen LogP contribution in [0.15, 0.2) is 76.7 Å². The van der Waals surface area contributed by atoms with Gasteiger partial charge in [-0.05, 0) is 42.0 Å². The van der Waals surface area contributed by atoms with Gasteiger partial charge in [0.1, 0.15) is 11.5 Å². The number of hydrazone groups is 1. The average molecular weight is 458 g/mol. The van der Waals surface area contributed by atoms with Crippen LogP contribution in [0.2, 0.25) is 0 Å². The van der Waals surface area contributed by atoms with Gasteiger partial charge >= 0.3 is 5.97 Å². The van der Waals surface area contributed by atoms with Gasteiger partial charge in [-0.3, -0.25) is 20.3 Å². The molecule has 0 aliphatic carbocycles. The van der Waals surface area contributed by atoms with Crippen LogP contribution in [0.5, 0.6) is 0 Å². The number of nitro groups is 1. The Morgan fingerprint density at radius 2 is 1.75 bits per heavy atom. The Hall–Kier alpha value is -4.32. The fraction of sp³-hybridized carbons (Fsp3) is 0. The standard InChI is InChI=1S/C20H15FN4O6S/c21-14-7-5-13(6-8-14)12-22-23-18-10-9-15(11-19(18)25(28)29)32(30,31)24-17-4-2-1-3-16(17)20(26)27/h1-12,23-24H,(H,26,27)/b22-12-. The number of carboxylic acid groups (broad SMARTS) is 1. The first kappa shape index (κ1) is 22.4. The molecule has 3 aromatic rings. The highest BCUT2D eigenvalue weighted by Crippen LogP contribution is 2.29. The molecule has 3 aromatic carbocycles. The summed E-state index contributed by atoms with van der Waals surface area (Å²) in [5, 5.41) is 24.5. The number of hydrogen-bond donors (Lipinski definition) is 3. The van der Waals surface area contributed by atoms with Gasteiger partial charge in [0.05, 0.1) is 27.3 Å². The zero-order valence-electron chi connectivity index (χ0n) is 16.1. The van der Waals surface area contributed by atoms with E-state index in [-0.39, 0.29) is 16.9 Å². The summed E-state index contributed by atoms with van der Waals surface area (Å²) in [4.78, 5) is 21.5. The Kier molecular flexibility index (Phi) is 6.45. The van der Waals surface area contributed by atoms with Gasteiger partial charge in [-0.2, -0.15) is 5.10 Å². The van der Waals surface area contributed by atoms with E-state index in [1.165, 1.54) is 54.7 Å². The van der Waals surface area contributed by atoms with Crippen LogP contribution in [0.4, 0.5) is 21.5 Å². The molecule has 0 aliphatic rings. The van der Waals surface area contributed by atoms with Crippen LogP contribution < -0.4 is 10.1 Å². The molecule has 0 aliphatic heterocycles. The number of aromatic carboxylic acids is 1. The van der Waals surface area contributed by atoms with Gasteiger partial charge in [-0.1, -0.05) is 24.3 Å². The average Bonchev–Trinajstić information content (AvgIpc) is 2.75. The van der Waals surface area contributed by atoms with E-state index < -0.39 is 37.3 Å². The number of carboxylic acids is 1. The zero-order chi connectivity index (χ0) is 23.3. The number of nitro benzene ring substituents is 1. The summed E-state index contributed by atoms with van der Waals surface area (Å²) < 4.78 is 40.4. The molecule has 0 spiro atoms. The van der Waals surface area contributed by atoms with Crippen LogP contribution in [-0.4, -0.2) is 30.6 Å². The first-order valence-electron chi connectivity index (χ1n) is 8.85. The lowest BCUT2D eigenvalue weighted by Gasteiger charge is -2.11. The lowest BCUT2D eigenvalue weighted by Crippen LogP contribution is -2.16. The molecule has 32 heavy (non-hydrogen) atoms. The first-order chi connectivity index (χ1) is 15.2. The Morgan fingerprint density at radius 3 is 2.41 bits per heavy atom. The van der Waals surface area contributed by atoms with Crippen molar-refractivity contribution in [3.63, 3.8) is 0 Å². The van der Waals surface area contributed by atoms with Gasteiger partial charge in [0.2, 0.25) is 0 Å². The summed E-state index contributed by atoms with van der Waals surface area (Å²) in [5.74, 6) is -1.77. The molecule has 164 valence electrons. The van der Waals surface area contributed by atoms with E-state index in [0.29, 0.717) is 5.56 Å². The molecule has 3 rings (SSSR count). The van der Waals surface area contributed by atoms with Crippen molar-refractivity contribution in [1.82, 2.24) is 0 Å². The highest BCUT2D eigenvalue weighted by Gasteiger charge is 2.23. The van der Waals surface area contributed by atoms with E-state index in [4.69, 9.17) is 0 Å². The molecule has 0 heterocycles. The molecule has 0 atom stereocenters. The third-order valence-corrected chi connectivity index (χ3v) is 5.51. The highest BCUT2D eigenvalue weighted by atomic mass is 32.2. The van der Waals surface area contributed by atoms with Crippen LogP contribution in [0.1, 0.15) is 15.9 Å². The van der Waals surface area contributed by atoms with Gasteiger partial charge in [0, 0.05) is 6.07 Å². The fourth-order valence-corrected chi connectivity index (χ4v) is 3.71. The van der Waals surface area contributed by atoms with Crippen LogP contribution in [0.3, 0.4) is 0 Å². The second-order valence-corrected chi connectivity index (χ2v) is 8.00. The topological polar surface area (TPSA) is 151 Å². The summed E-state index contributed by atoms with van der Waals surface area (Å²) in [6.45, 7) is 0. The molecular weight excluding hydrogens is 443 g/mol. The molecule has 0 radical (unpaired) electrons. The Labute approximate surface area is 181 Å². The summed E-state index contributed by atoms with van der Waals surface area (Å²) in [7, 11) is -4.33. The molecule has 12 heteroatoms. The van der Waals surface area contributed by atoms with Crippen LogP contribution in [0.25, 0.3) is 0 Å². The minimum absolute atomic E-state index is 0.0850. The Balaban J connectivity index is 1.87. The predicted molar refractivity (Wildman–Crippen MR) is 115 cm³/mol. The maximum absolute atomic E-state index is 12.9. The number of hydrogen-bond acceptors (Lipinski definition) is 7. The minimum atomic E-state index is -4.33. The number of para-hydroxylation sites is 1. The van der Waals surface area contributed by atoms with Gasteiger partial charge in [-0.15, -0.1) is 0 Å². The van der Waals surface area contributed by atoms with Crippen molar-refractivity contribution >= 4 is 39.3 Å². The van der Waals surface area contributed by atoms with Crippen LogP contribution in [-0.2, 0) is 10.0 Å². The van der Waals surface area contributed by atoms with E-state index in [1.807, 2.05) is 0 Å². The van der Waals surface area contributed by atoms with E-state index in [0.717, 1.165) is 18.2 Å². The smallest absolute Gasteiger partial charge is 0.337 e. The second kappa shape index (κ2) is 9.22. The molecule has 0 aromatic heterocycles. The van der Waals surface area contributed by atoms with Gasteiger partial charge in [-0.25, -0.2) is 17.6 Å². The molecular formula is C20H15FN4O6S. The van der Waals surface area contributed by atoms with E-state index in [2.05, 4.69) is 15.2 Å². The highest BCUT2D eigenvalue weighted by molar-refractivity contribution is 7.92. The monoisotopic (exact) mass is 458 g/mol. The van der Waals surface area contributed by atoms with Crippen LogP contribution >= 0.6 is 0 Å². The van der Waals surface area contributed by atoms with Crippen molar-refractivity contribution in [2.75, 3.05) is 10.1 Å². The van der Waals surface area contributed by atoms with Crippen molar-refractivity contribution in [1.29, 1.82) is 0 Å². The van der Waals surface area contributed by atoms with Crippen LogP contribution in [0, 0.1) is 15.9 Å². The zero-order valence-corrected chi connectivity index (χ0v) is 16.9. The third kappa shape index (κ3) is 5.23. The number of anilines is 2.